The SMILES string of the molecule is C=C(CNC1CCC(OC)C1)C(=O)OCC. The normalized spacial score (nSPS) is 24.4. The van der Waals surface area contributed by atoms with Crippen LogP contribution in [-0.2, 0) is 14.3 Å². The molecule has 1 aliphatic rings. The summed E-state index contributed by atoms with van der Waals surface area (Å²) in [5, 5.41) is 3.30. The molecule has 0 heterocycles. The molecular weight excluding hydrogens is 206 g/mol. The Hall–Kier alpha value is -0.870. The molecule has 0 aromatic rings. The molecule has 2 unspecified atom stereocenters. The topological polar surface area (TPSA) is 47.6 Å². The van der Waals surface area contributed by atoms with E-state index in [1.54, 1.807) is 14.0 Å². The molecule has 0 saturated heterocycles. The predicted molar refractivity (Wildman–Crippen MR) is 62.2 cm³/mol. The molecule has 0 aliphatic heterocycles. The Morgan fingerprint density at radius 2 is 2.25 bits per heavy atom. The van der Waals surface area contributed by atoms with Gasteiger partial charge in [-0.15, -0.1) is 0 Å². The molecule has 0 aromatic heterocycles. The van der Waals surface area contributed by atoms with Crippen LogP contribution in [0.25, 0.3) is 0 Å². The number of ether oxygens (including phenoxy) is 2. The van der Waals surface area contributed by atoms with Gasteiger partial charge < -0.3 is 14.8 Å². The molecule has 0 bridgehead atoms. The van der Waals surface area contributed by atoms with Crippen molar-refractivity contribution in [3.05, 3.63) is 12.2 Å². The summed E-state index contributed by atoms with van der Waals surface area (Å²) in [4.78, 5) is 11.3. The van der Waals surface area contributed by atoms with Crippen LogP contribution in [0.4, 0.5) is 0 Å². The zero-order valence-corrected chi connectivity index (χ0v) is 10.1. The minimum Gasteiger partial charge on any atom is -0.463 e. The van der Waals surface area contributed by atoms with Crippen molar-refractivity contribution >= 4 is 5.97 Å². The highest BCUT2D eigenvalue weighted by Crippen LogP contribution is 2.21. The quantitative estimate of drug-likeness (QED) is 0.548. The highest BCUT2D eigenvalue weighted by molar-refractivity contribution is 5.88. The lowest BCUT2D eigenvalue weighted by Crippen LogP contribution is -2.31. The molecular formula is C12H21NO3. The fourth-order valence-electron chi connectivity index (χ4n) is 1.91. The van der Waals surface area contributed by atoms with Crippen molar-refractivity contribution in [2.75, 3.05) is 20.3 Å². The van der Waals surface area contributed by atoms with Crippen LogP contribution in [0.1, 0.15) is 26.2 Å². The number of methoxy groups -OCH3 is 1. The van der Waals surface area contributed by atoms with Crippen LogP contribution in [0, 0.1) is 0 Å². The standard InChI is InChI=1S/C12H21NO3/c1-4-16-12(14)9(2)8-13-10-5-6-11(7-10)15-3/h10-11,13H,2,4-8H2,1,3H3. The van der Waals surface area contributed by atoms with E-state index in [1.807, 2.05) is 0 Å². The van der Waals surface area contributed by atoms with E-state index in [1.165, 1.54) is 0 Å². The van der Waals surface area contributed by atoms with E-state index >= 15 is 0 Å². The first-order valence-corrected chi connectivity index (χ1v) is 5.78. The molecule has 1 fully saturated rings. The third-order valence-corrected chi connectivity index (χ3v) is 2.89. The van der Waals surface area contributed by atoms with E-state index in [0.29, 0.717) is 30.9 Å². The third-order valence-electron chi connectivity index (χ3n) is 2.89. The van der Waals surface area contributed by atoms with Crippen LogP contribution in [-0.4, -0.2) is 38.4 Å². The minimum atomic E-state index is -0.309. The lowest BCUT2D eigenvalue weighted by atomic mass is 10.2. The van der Waals surface area contributed by atoms with Crippen molar-refractivity contribution in [3.8, 4) is 0 Å². The summed E-state index contributed by atoms with van der Waals surface area (Å²) in [6.45, 7) is 6.39. The number of esters is 1. The Bertz CT molecular complexity index is 253. The van der Waals surface area contributed by atoms with Gasteiger partial charge >= 0.3 is 5.97 Å². The Morgan fingerprint density at radius 1 is 1.50 bits per heavy atom. The van der Waals surface area contributed by atoms with Crippen LogP contribution in [0.2, 0.25) is 0 Å². The summed E-state index contributed by atoms with van der Waals surface area (Å²) in [7, 11) is 1.74. The smallest absolute Gasteiger partial charge is 0.334 e. The van der Waals surface area contributed by atoms with Crippen molar-refractivity contribution in [1.29, 1.82) is 0 Å². The monoisotopic (exact) mass is 227 g/mol. The van der Waals surface area contributed by atoms with Crippen molar-refractivity contribution in [2.24, 2.45) is 0 Å². The van der Waals surface area contributed by atoms with Gasteiger partial charge in [0, 0.05) is 25.3 Å². The van der Waals surface area contributed by atoms with Gasteiger partial charge in [-0.05, 0) is 26.2 Å². The minimum absolute atomic E-state index is 0.309. The van der Waals surface area contributed by atoms with Crippen molar-refractivity contribution in [3.63, 3.8) is 0 Å². The van der Waals surface area contributed by atoms with Gasteiger partial charge in [-0.1, -0.05) is 6.58 Å². The number of carbonyl (C=O) groups is 1. The molecule has 1 N–H and O–H groups in total. The lowest BCUT2D eigenvalue weighted by molar-refractivity contribution is -0.138. The van der Waals surface area contributed by atoms with Crippen LogP contribution in [0.15, 0.2) is 12.2 Å². The third kappa shape index (κ3) is 3.94. The number of hydrogen-bond donors (Lipinski definition) is 1. The molecule has 0 aromatic carbocycles. The van der Waals surface area contributed by atoms with E-state index in [2.05, 4.69) is 11.9 Å². The van der Waals surface area contributed by atoms with Crippen molar-refractivity contribution in [1.82, 2.24) is 5.32 Å². The average molecular weight is 227 g/mol. The molecule has 16 heavy (non-hydrogen) atoms. The van der Waals surface area contributed by atoms with Gasteiger partial charge in [0.15, 0.2) is 0 Å². The predicted octanol–water partition coefficient (Wildman–Crippen LogP) is 1.26. The maximum Gasteiger partial charge on any atom is 0.334 e. The molecule has 4 nitrogen and oxygen atoms in total. The van der Waals surface area contributed by atoms with Crippen molar-refractivity contribution < 1.29 is 14.3 Å². The number of nitrogens with one attached hydrogen (secondary N) is 1. The Balaban J connectivity index is 2.20. The van der Waals surface area contributed by atoms with Gasteiger partial charge in [-0.25, -0.2) is 4.79 Å². The van der Waals surface area contributed by atoms with Gasteiger partial charge in [0.05, 0.1) is 12.7 Å². The molecule has 92 valence electrons. The maximum absolute atomic E-state index is 11.3. The van der Waals surface area contributed by atoms with E-state index in [-0.39, 0.29) is 5.97 Å². The Morgan fingerprint density at radius 3 is 2.81 bits per heavy atom. The average Bonchev–Trinajstić information content (AvgIpc) is 2.74. The van der Waals surface area contributed by atoms with Gasteiger partial charge in [-0.3, -0.25) is 0 Å². The van der Waals surface area contributed by atoms with E-state index in [0.717, 1.165) is 19.3 Å². The number of carbonyl (C=O) groups excluding carboxylic acids is 1. The summed E-state index contributed by atoms with van der Waals surface area (Å²) >= 11 is 0. The molecule has 2 atom stereocenters. The second-order valence-corrected chi connectivity index (χ2v) is 4.07. The second kappa shape index (κ2) is 6.66. The molecule has 1 rings (SSSR count). The largest absolute Gasteiger partial charge is 0.463 e. The van der Waals surface area contributed by atoms with Gasteiger partial charge in [0.25, 0.3) is 0 Å². The van der Waals surface area contributed by atoms with E-state index in [9.17, 15) is 4.79 Å². The number of rotatable bonds is 6. The van der Waals surface area contributed by atoms with E-state index in [4.69, 9.17) is 9.47 Å². The second-order valence-electron chi connectivity index (χ2n) is 4.07. The first-order chi connectivity index (χ1) is 7.67. The first kappa shape index (κ1) is 13.2. The Labute approximate surface area is 97.0 Å². The van der Waals surface area contributed by atoms with Crippen LogP contribution < -0.4 is 5.32 Å². The molecule has 4 heteroatoms. The Kier molecular flexibility index (Phi) is 5.49. The number of hydrogen-bond acceptors (Lipinski definition) is 4. The molecule has 0 spiro atoms. The summed E-state index contributed by atoms with van der Waals surface area (Å²) in [6, 6.07) is 0.427. The zero-order valence-electron chi connectivity index (χ0n) is 10.1. The highest BCUT2D eigenvalue weighted by Gasteiger charge is 2.24. The van der Waals surface area contributed by atoms with Gasteiger partial charge in [0.2, 0.25) is 0 Å². The van der Waals surface area contributed by atoms with Crippen LogP contribution in [0.5, 0.6) is 0 Å². The van der Waals surface area contributed by atoms with Crippen LogP contribution >= 0.6 is 0 Å². The summed E-state index contributed by atoms with van der Waals surface area (Å²) < 4.78 is 10.1. The first-order valence-electron chi connectivity index (χ1n) is 5.78. The lowest BCUT2D eigenvalue weighted by Gasteiger charge is -2.13. The zero-order chi connectivity index (χ0) is 12.0. The highest BCUT2D eigenvalue weighted by atomic mass is 16.5. The summed E-state index contributed by atoms with van der Waals surface area (Å²) in [6.07, 6.45) is 3.54. The van der Waals surface area contributed by atoms with Gasteiger partial charge in [0.1, 0.15) is 0 Å². The molecule has 1 aliphatic carbocycles. The fourth-order valence-corrected chi connectivity index (χ4v) is 1.91. The van der Waals surface area contributed by atoms with Crippen LogP contribution in [0.3, 0.4) is 0 Å². The summed E-state index contributed by atoms with van der Waals surface area (Å²) in [5.74, 6) is -0.309. The van der Waals surface area contributed by atoms with Gasteiger partial charge in [-0.2, -0.15) is 0 Å². The maximum atomic E-state index is 11.3. The molecule has 0 amide bonds. The molecule has 1 saturated carbocycles. The van der Waals surface area contributed by atoms with Crippen molar-refractivity contribution in [2.45, 2.75) is 38.3 Å². The van der Waals surface area contributed by atoms with E-state index < -0.39 is 0 Å². The summed E-state index contributed by atoms with van der Waals surface area (Å²) in [5.41, 5.74) is 0.489. The fraction of sp³-hybridized carbons (Fsp3) is 0.750. The molecule has 0 radical (unpaired) electrons.